The molecule has 1 aliphatic rings. The maximum Gasteiger partial charge on any atom is 0.247 e. The second-order valence-corrected chi connectivity index (χ2v) is 5.96. The van der Waals surface area contributed by atoms with Crippen LogP contribution in [0.3, 0.4) is 0 Å². The normalized spacial score (nSPS) is 14.8. The topological polar surface area (TPSA) is 64.9 Å². The Morgan fingerprint density at radius 3 is 2.75 bits per heavy atom. The molecule has 0 spiro atoms. The molecule has 1 saturated heterocycles. The standard InChI is InChI=1S/C18H21N5O/c1-13(2)8-16(9-14(3)15-10-24-11-15)21-18-20-12-23(22-18)17-6-4-5-7-19-17/h4-9,12,15H,3,10-11H2,1-2H3,(H,21,22)/b16-9+. The molecule has 2 aromatic heterocycles. The fourth-order valence-electron chi connectivity index (χ4n) is 2.24. The minimum Gasteiger partial charge on any atom is -0.380 e. The lowest BCUT2D eigenvalue weighted by atomic mass is 9.98. The van der Waals surface area contributed by atoms with E-state index >= 15 is 0 Å². The van der Waals surface area contributed by atoms with E-state index in [2.05, 4.69) is 27.0 Å². The van der Waals surface area contributed by atoms with Gasteiger partial charge in [0.05, 0.1) is 13.2 Å². The van der Waals surface area contributed by atoms with Crippen LogP contribution in [-0.4, -0.2) is 33.0 Å². The van der Waals surface area contributed by atoms with Crippen LogP contribution in [0.4, 0.5) is 5.95 Å². The fourth-order valence-corrected chi connectivity index (χ4v) is 2.24. The molecule has 1 N–H and O–H groups in total. The van der Waals surface area contributed by atoms with Crippen molar-refractivity contribution in [3.8, 4) is 5.82 Å². The van der Waals surface area contributed by atoms with Crippen molar-refractivity contribution in [2.24, 2.45) is 5.92 Å². The van der Waals surface area contributed by atoms with E-state index in [-0.39, 0.29) is 0 Å². The van der Waals surface area contributed by atoms with Crippen molar-refractivity contribution >= 4 is 5.95 Å². The quantitative estimate of drug-likeness (QED) is 0.827. The predicted molar refractivity (Wildman–Crippen MR) is 93.7 cm³/mol. The summed E-state index contributed by atoms with van der Waals surface area (Å²) in [6.45, 7) is 9.71. The molecule has 0 aliphatic carbocycles. The maximum atomic E-state index is 5.23. The lowest BCUT2D eigenvalue weighted by Gasteiger charge is -2.26. The van der Waals surface area contributed by atoms with E-state index in [1.807, 2.05) is 44.2 Å². The summed E-state index contributed by atoms with van der Waals surface area (Å²) in [5, 5.41) is 7.67. The highest BCUT2D eigenvalue weighted by Gasteiger charge is 2.20. The molecule has 0 amide bonds. The molecule has 6 nitrogen and oxygen atoms in total. The Labute approximate surface area is 141 Å². The molecule has 3 heterocycles. The first-order valence-electron chi connectivity index (χ1n) is 7.85. The maximum absolute atomic E-state index is 5.23. The summed E-state index contributed by atoms with van der Waals surface area (Å²) < 4.78 is 6.86. The molecule has 0 unspecified atom stereocenters. The molecule has 24 heavy (non-hydrogen) atoms. The fraction of sp³-hybridized carbons (Fsp3) is 0.278. The van der Waals surface area contributed by atoms with E-state index in [1.165, 1.54) is 5.57 Å². The Hall–Kier alpha value is -2.73. The van der Waals surface area contributed by atoms with Gasteiger partial charge in [-0.3, -0.25) is 0 Å². The number of aromatic nitrogens is 4. The van der Waals surface area contributed by atoms with Crippen molar-refractivity contribution < 1.29 is 4.74 Å². The summed E-state index contributed by atoms with van der Waals surface area (Å²) in [7, 11) is 0. The van der Waals surface area contributed by atoms with Crippen molar-refractivity contribution in [3.63, 3.8) is 0 Å². The number of ether oxygens (including phenoxy) is 1. The molecule has 0 saturated carbocycles. The zero-order valence-electron chi connectivity index (χ0n) is 13.9. The van der Waals surface area contributed by atoms with E-state index in [0.717, 1.165) is 30.3 Å². The van der Waals surface area contributed by atoms with Crippen molar-refractivity contribution in [2.75, 3.05) is 18.5 Å². The van der Waals surface area contributed by atoms with Gasteiger partial charge in [-0.05, 0) is 43.7 Å². The van der Waals surface area contributed by atoms with Crippen LogP contribution in [0.15, 0.2) is 66.3 Å². The average Bonchev–Trinajstić information content (AvgIpc) is 2.94. The summed E-state index contributed by atoms with van der Waals surface area (Å²) in [5.41, 5.74) is 3.13. The van der Waals surface area contributed by atoms with Crippen LogP contribution >= 0.6 is 0 Å². The summed E-state index contributed by atoms with van der Waals surface area (Å²) in [6.07, 6.45) is 7.44. The van der Waals surface area contributed by atoms with Gasteiger partial charge >= 0.3 is 0 Å². The van der Waals surface area contributed by atoms with Crippen LogP contribution < -0.4 is 5.32 Å². The second-order valence-electron chi connectivity index (χ2n) is 5.96. The predicted octanol–water partition coefficient (Wildman–Crippen LogP) is 3.13. The summed E-state index contributed by atoms with van der Waals surface area (Å²) in [6, 6.07) is 5.66. The van der Waals surface area contributed by atoms with Crippen LogP contribution in [-0.2, 0) is 4.74 Å². The van der Waals surface area contributed by atoms with Gasteiger partial charge in [0.25, 0.3) is 0 Å². The number of nitrogens with zero attached hydrogens (tertiary/aromatic N) is 4. The van der Waals surface area contributed by atoms with E-state index in [9.17, 15) is 0 Å². The minimum atomic E-state index is 0.395. The minimum absolute atomic E-state index is 0.395. The van der Waals surface area contributed by atoms with Crippen LogP contribution in [0.5, 0.6) is 0 Å². The van der Waals surface area contributed by atoms with Gasteiger partial charge in [-0.25, -0.2) is 9.67 Å². The van der Waals surface area contributed by atoms with Gasteiger partial charge in [0.15, 0.2) is 5.82 Å². The van der Waals surface area contributed by atoms with E-state index < -0.39 is 0 Å². The zero-order chi connectivity index (χ0) is 16.9. The molecular formula is C18H21N5O. The molecular weight excluding hydrogens is 302 g/mol. The summed E-state index contributed by atoms with van der Waals surface area (Å²) in [5.74, 6) is 1.63. The molecule has 1 fully saturated rings. The lowest BCUT2D eigenvalue weighted by molar-refractivity contribution is -0.0115. The third-order valence-electron chi connectivity index (χ3n) is 3.58. The highest BCUT2D eigenvalue weighted by molar-refractivity contribution is 5.44. The smallest absolute Gasteiger partial charge is 0.247 e. The van der Waals surface area contributed by atoms with Gasteiger partial charge in [0.2, 0.25) is 5.95 Å². The van der Waals surface area contributed by atoms with E-state index in [0.29, 0.717) is 11.9 Å². The SMILES string of the molecule is C=C(/C=C(\C=C(C)C)Nc1ncn(-c2ccccn2)n1)C1COC1. The van der Waals surface area contributed by atoms with Gasteiger partial charge in [0.1, 0.15) is 6.33 Å². The Balaban J connectivity index is 1.78. The Morgan fingerprint density at radius 2 is 2.12 bits per heavy atom. The number of hydrogen-bond donors (Lipinski definition) is 1. The van der Waals surface area contributed by atoms with E-state index in [4.69, 9.17) is 4.74 Å². The van der Waals surface area contributed by atoms with Crippen LogP contribution in [0, 0.1) is 5.92 Å². The van der Waals surface area contributed by atoms with Crippen molar-refractivity contribution in [3.05, 3.63) is 66.3 Å². The largest absolute Gasteiger partial charge is 0.380 e. The number of allylic oxidation sites excluding steroid dienone is 3. The number of anilines is 1. The van der Waals surface area contributed by atoms with Gasteiger partial charge in [0, 0.05) is 17.8 Å². The number of hydrogen-bond acceptors (Lipinski definition) is 5. The van der Waals surface area contributed by atoms with Gasteiger partial charge in [-0.15, -0.1) is 5.10 Å². The molecule has 3 rings (SSSR count). The lowest BCUT2D eigenvalue weighted by Crippen LogP contribution is -2.28. The molecule has 1 aliphatic heterocycles. The molecule has 124 valence electrons. The Bertz CT molecular complexity index is 768. The number of pyridine rings is 1. The van der Waals surface area contributed by atoms with Crippen LogP contribution in [0.25, 0.3) is 5.82 Å². The first kappa shape index (κ1) is 16.1. The number of nitrogens with one attached hydrogen (secondary N) is 1. The molecule has 6 heteroatoms. The zero-order valence-corrected chi connectivity index (χ0v) is 13.9. The molecule has 0 bridgehead atoms. The van der Waals surface area contributed by atoms with Gasteiger partial charge < -0.3 is 10.1 Å². The van der Waals surface area contributed by atoms with Crippen molar-refractivity contribution in [2.45, 2.75) is 13.8 Å². The second kappa shape index (κ2) is 7.23. The molecule has 0 radical (unpaired) electrons. The van der Waals surface area contributed by atoms with E-state index in [1.54, 1.807) is 17.2 Å². The highest BCUT2D eigenvalue weighted by atomic mass is 16.5. The number of rotatable bonds is 6. The molecule has 0 atom stereocenters. The van der Waals surface area contributed by atoms with Crippen LogP contribution in [0.1, 0.15) is 13.8 Å². The average molecular weight is 323 g/mol. The monoisotopic (exact) mass is 323 g/mol. The Kier molecular flexibility index (Phi) is 4.86. The Morgan fingerprint density at radius 1 is 1.29 bits per heavy atom. The highest BCUT2D eigenvalue weighted by Crippen LogP contribution is 2.21. The van der Waals surface area contributed by atoms with Crippen LogP contribution in [0.2, 0.25) is 0 Å². The first-order valence-corrected chi connectivity index (χ1v) is 7.85. The van der Waals surface area contributed by atoms with Crippen molar-refractivity contribution in [1.29, 1.82) is 0 Å². The summed E-state index contributed by atoms with van der Waals surface area (Å²) in [4.78, 5) is 8.56. The first-order chi connectivity index (χ1) is 11.6. The third kappa shape index (κ3) is 3.97. The summed E-state index contributed by atoms with van der Waals surface area (Å²) >= 11 is 0. The molecule has 0 aromatic carbocycles. The molecule has 2 aromatic rings. The van der Waals surface area contributed by atoms with Gasteiger partial charge in [-0.2, -0.15) is 4.98 Å². The van der Waals surface area contributed by atoms with Crippen molar-refractivity contribution in [1.82, 2.24) is 19.7 Å². The van der Waals surface area contributed by atoms with Gasteiger partial charge in [-0.1, -0.05) is 18.2 Å². The third-order valence-corrected chi connectivity index (χ3v) is 3.58.